The van der Waals surface area contributed by atoms with Gasteiger partial charge in [0.05, 0.1) is 47.9 Å². The summed E-state index contributed by atoms with van der Waals surface area (Å²) in [6, 6.07) is 7.36. The van der Waals surface area contributed by atoms with Gasteiger partial charge >= 0.3 is 11.9 Å². The number of H-pyrrole nitrogens is 1. The van der Waals surface area contributed by atoms with Crippen LogP contribution in [0.4, 0.5) is 24.5 Å². The van der Waals surface area contributed by atoms with E-state index in [1.54, 1.807) is 27.7 Å². The van der Waals surface area contributed by atoms with Crippen molar-refractivity contribution in [2.45, 2.75) is 32.5 Å². The second kappa shape index (κ2) is 15.1. The van der Waals surface area contributed by atoms with Gasteiger partial charge in [-0.2, -0.15) is 22.7 Å². The molecule has 0 aliphatic carbocycles. The molecule has 2 aromatic carbocycles. The number of amides is 2. The lowest BCUT2D eigenvalue weighted by Crippen LogP contribution is -2.51. The lowest BCUT2D eigenvalue weighted by molar-refractivity contribution is -0.137. The number of aromatic amines is 1. The molecule has 2 N–H and O–H groups in total. The van der Waals surface area contributed by atoms with Crippen molar-refractivity contribution in [3.63, 3.8) is 0 Å². The third-order valence-electron chi connectivity index (χ3n) is 9.31. The molecule has 20 heteroatoms. The summed E-state index contributed by atoms with van der Waals surface area (Å²) < 4.78 is 57.9. The molecule has 55 heavy (non-hydrogen) atoms. The van der Waals surface area contributed by atoms with Crippen LogP contribution in [0.1, 0.15) is 40.8 Å². The molecule has 2 aliphatic heterocycles. The monoisotopic (exact) mass is 783 g/mol. The Bertz CT molecular complexity index is 2450. The molecule has 5 aromatic rings. The number of alkyl halides is 3. The number of methoxy groups -OCH3 is 1. The van der Waals surface area contributed by atoms with Crippen LogP contribution in [-0.4, -0.2) is 92.5 Å². The number of ether oxygens (including phenoxy) is 2. The third-order valence-corrected chi connectivity index (χ3v) is 9.62. The smallest absolute Gasteiger partial charge is 0.439 e. The van der Waals surface area contributed by atoms with Crippen LogP contribution in [0.25, 0.3) is 22.7 Å². The minimum atomic E-state index is -4.62. The van der Waals surface area contributed by atoms with Crippen molar-refractivity contribution < 1.29 is 36.8 Å². The molecule has 0 unspecified atom stereocenters. The molecule has 1 saturated heterocycles. The highest BCUT2D eigenvalue weighted by molar-refractivity contribution is 6.33. The molecule has 0 radical (unpaired) electrons. The minimum absolute atomic E-state index is 0.0235. The quantitative estimate of drug-likeness (QED) is 0.221. The summed E-state index contributed by atoms with van der Waals surface area (Å²) >= 11 is 6.13. The number of carbonyl (C=O) groups is 2. The summed E-state index contributed by atoms with van der Waals surface area (Å²) in [6.45, 7) is 3.17. The molecule has 0 spiro atoms. The molecular formula is C35H33ClF3N9O7. The maximum Gasteiger partial charge on any atom is 0.439 e. The van der Waals surface area contributed by atoms with E-state index in [4.69, 9.17) is 21.1 Å². The number of halogens is 4. The van der Waals surface area contributed by atoms with Crippen LogP contribution in [0.3, 0.4) is 0 Å². The zero-order chi connectivity index (χ0) is 39.0. The molecular weight excluding hydrogens is 751 g/mol. The van der Waals surface area contributed by atoms with Gasteiger partial charge in [-0.15, -0.1) is 5.10 Å². The highest BCUT2D eigenvalue weighted by Crippen LogP contribution is 2.34. The first kappa shape index (κ1) is 37.4. The van der Waals surface area contributed by atoms with Crippen molar-refractivity contribution in [1.29, 1.82) is 0 Å². The zero-order valence-electron chi connectivity index (χ0n) is 29.4. The molecule has 3 aromatic heterocycles. The predicted octanol–water partition coefficient (Wildman–Crippen LogP) is 3.88. The van der Waals surface area contributed by atoms with E-state index in [2.05, 4.69) is 30.1 Å². The summed E-state index contributed by atoms with van der Waals surface area (Å²) in [4.78, 5) is 63.6. The number of nitrogens with zero attached hydrogens (tertiary/aromatic N) is 7. The van der Waals surface area contributed by atoms with Gasteiger partial charge in [0.25, 0.3) is 11.5 Å². The Morgan fingerprint density at radius 3 is 2.51 bits per heavy atom. The summed E-state index contributed by atoms with van der Waals surface area (Å²) in [5, 5.41) is 10.5. The number of nitrogens with one attached hydrogen (secondary N) is 2. The lowest BCUT2D eigenvalue weighted by Gasteiger charge is -2.37. The predicted molar refractivity (Wildman–Crippen MR) is 192 cm³/mol. The lowest BCUT2D eigenvalue weighted by atomic mass is 10.1. The fraction of sp³-hybridized carbons (Fsp3) is 0.343. The second-order valence-electron chi connectivity index (χ2n) is 12.6. The molecule has 2 amide bonds. The maximum atomic E-state index is 14.3. The number of rotatable bonds is 9. The highest BCUT2D eigenvalue weighted by Gasteiger charge is 2.32. The van der Waals surface area contributed by atoms with Gasteiger partial charge in [0.2, 0.25) is 11.7 Å². The summed E-state index contributed by atoms with van der Waals surface area (Å²) in [5.74, 6) is -0.845. The SMILES string of the molecule is CCc1c(N2CCN(C(=O)c3ccc(-c4noc(=O)[nH]4)cc3OC)CC2)c(=O)n2nc(C3=CCOCC3)nc2n1CC(=O)Nc1ccc(C(F)(F)F)cc1Cl. The van der Waals surface area contributed by atoms with Gasteiger partial charge in [-0.25, -0.2) is 4.79 Å². The Hall–Kier alpha value is -5.95. The molecule has 0 bridgehead atoms. The minimum Gasteiger partial charge on any atom is -0.496 e. The van der Waals surface area contributed by atoms with E-state index in [1.807, 2.05) is 17.9 Å². The first-order valence-electron chi connectivity index (χ1n) is 17.1. The van der Waals surface area contributed by atoms with Crippen molar-refractivity contribution in [3.8, 4) is 17.1 Å². The first-order valence-corrected chi connectivity index (χ1v) is 17.5. The van der Waals surface area contributed by atoms with E-state index in [-0.39, 0.29) is 84.4 Å². The van der Waals surface area contributed by atoms with E-state index in [0.717, 1.165) is 28.3 Å². The molecule has 1 fully saturated rings. The number of fused-ring (bicyclic) bond motifs is 1. The highest BCUT2D eigenvalue weighted by atomic mass is 35.5. The Balaban J connectivity index is 1.19. The fourth-order valence-corrected chi connectivity index (χ4v) is 6.82. The van der Waals surface area contributed by atoms with Crippen LogP contribution in [0.2, 0.25) is 5.02 Å². The Morgan fingerprint density at radius 1 is 1.09 bits per heavy atom. The van der Waals surface area contributed by atoms with Crippen LogP contribution in [-0.2, 0) is 28.7 Å². The van der Waals surface area contributed by atoms with Gasteiger partial charge in [-0.3, -0.25) is 23.9 Å². The number of piperazine rings is 1. The third kappa shape index (κ3) is 7.44. The van der Waals surface area contributed by atoms with Crippen LogP contribution in [0.5, 0.6) is 5.75 Å². The largest absolute Gasteiger partial charge is 0.496 e. The van der Waals surface area contributed by atoms with Crippen molar-refractivity contribution in [3.05, 3.63) is 91.0 Å². The molecule has 0 saturated carbocycles. The van der Waals surface area contributed by atoms with E-state index in [0.29, 0.717) is 36.7 Å². The topological polar surface area (TPSA) is 182 Å². The molecule has 2 aliphatic rings. The van der Waals surface area contributed by atoms with Crippen LogP contribution in [0.15, 0.2) is 56.6 Å². The van der Waals surface area contributed by atoms with Crippen LogP contribution >= 0.6 is 11.6 Å². The van der Waals surface area contributed by atoms with Crippen molar-refractivity contribution in [2.75, 3.05) is 56.7 Å². The van der Waals surface area contributed by atoms with Crippen LogP contribution in [0, 0.1) is 0 Å². The zero-order valence-corrected chi connectivity index (χ0v) is 30.2. The van der Waals surface area contributed by atoms with Gasteiger partial charge in [-0.1, -0.05) is 35.8 Å². The van der Waals surface area contributed by atoms with E-state index in [1.165, 1.54) is 7.11 Å². The number of benzene rings is 2. The van der Waals surface area contributed by atoms with Gasteiger partial charge < -0.3 is 29.2 Å². The number of aromatic nitrogens is 6. The molecule has 5 heterocycles. The fourth-order valence-electron chi connectivity index (χ4n) is 6.59. The normalized spacial score (nSPS) is 15.0. The average Bonchev–Trinajstić information content (AvgIpc) is 3.83. The Morgan fingerprint density at radius 2 is 1.87 bits per heavy atom. The second-order valence-corrected chi connectivity index (χ2v) is 13.0. The van der Waals surface area contributed by atoms with Crippen molar-refractivity contribution >= 4 is 46.1 Å². The van der Waals surface area contributed by atoms with Gasteiger partial charge in [0.15, 0.2) is 11.6 Å². The summed E-state index contributed by atoms with van der Waals surface area (Å²) in [7, 11) is 1.42. The molecule has 0 atom stereocenters. The molecule has 16 nitrogen and oxygen atoms in total. The van der Waals surface area contributed by atoms with E-state index < -0.39 is 29.0 Å². The first-order chi connectivity index (χ1) is 26.4. The maximum absolute atomic E-state index is 14.3. The van der Waals surface area contributed by atoms with Gasteiger partial charge in [0, 0.05) is 31.7 Å². The molecule has 288 valence electrons. The Labute approximate surface area is 314 Å². The number of hydrogen-bond acceptors (Lipinski definition) is 11. The van der Waals surface area contributed by atoms with Crippen molar-refractivity contribution in [1.82, 2.24) is 34.2 Å². The summed E-state index contributed by atoms with van der Waals surface area (Å²) in [5.41, 5.74) is 0.801. The molecule has 7 rings (SSSR count). The van der Waals surface area contributed by atoms with E-state index >= 15 is 0 Å². The summed E-state index contributed by atoms with van der Waals surface area (Å²) in [6.07, 6.45) is -2.00. The van der Waals surface area contributed by atoms with E-state index in [9.17, 15) is 32.3 Å². The number of carbonyl (C=O) groups excluding carboxylic acids is 2. The Kier molecular flexibility index (Phi) is 10.2. The van der Waals surface area contributed by atoms with Gasteiger partial charge in [-0.05, 0) is 48.7 Å². The van der Waals surface area contributed by atoms with Crippen LogP contribution < -0.4 is 26.3 Å². The van der Waals surface area contributed by atoms with Crippen molar-refractivity contribution in [2.24, 2.45) is 0 Å². The van der Waals surface area contributed by atoms with Gasteiger partial charge in [0.1, 0.15) is 18.0 Å². The standard InChI is InChI=1S/C35H33ClF3N9O7/c1-3-25-28(45-10-12-46(13-11-45)31(50)22-6-4-20(16-26(22)53-2)30-42-34(52)55-44-30)32(51)48-33(41-29(43-48)19-8-14-54-15-9-19)47(25)18-27(49)40-24-7-5-21(17-23(24)36)35(37,38)39/h4-8,16-17H,3,9-15,18H2,1-2H3,(H,40,49)(H,42,44,52). The number of anilines is 2. The average molecular weight is 784 g/mol. The number of hydrogen-bond donors (Lipinski definition) is 2.